The van der Waals surface area contributed by atoms with Crippen LogP contribution in [0.3, 0.4) is 0 Å². The Morgan fingerprint density at radius 3 is 2.93 bits per heavy atom. The van der Waals surface area contributed by atoms with Crippen molar-refractivity contribution in [1.82, 2.24) is 9.71 Å². The second-order valence-electron chi connectivity index (χ2n) is 2.22. The number of terminal acetylenes is 1. The van der Waals surface area contributed by atoms with Gasteiger partial charge in [0.2, 0.25) is 0 Å². The summed E-state index contributed by atoms with van der Waals surface area (Å²) in [7, 11) is 0. The molecule has 1 N–H and O–H groups in total. The highest BCUT2D eigenvalue weighted by Gasteiger charge is 2.03. The fourth-order valence-corrected chi connectivity index (χ4v) is 0.736. The third kappa shape index (κ3) is 1.82. The molecular formula is C8H5N3O3. The van der Waals surface area contributed by atoms with Gasteiger partial charge in [-0.2, -0.15) is 5.26 Å². The van der Waals surface area contributed by atoms with Crippen LogP contribution in [0.15, 0.2) is 15.8 Å². The van der Waals surface area contributed by atoms with Crippen LogP contribution in [0.5, 0.6) is 0 Å². The molecule has 0 saturated carbocycles. The van der Waals surface area contributed by atoms with Gasteiger partial charge in [-0.15, -0.1) is 11.2 Å². The van der Waals surface area contributed by atoms with Gasteiger partial charge in [-0.3, -0.25) is 9.78 Å². The van der Waals surface area contributed by atoms with Crippen molar-refractivity contribution in [2.24, 2.45) is 0 Å². The van der Waals surface area contributed by atoms with Crippen LogP contribution < -0.4 is 16.1 Å². The molecule has 0 spiro atoms. The monoisotopic (exact) mass is 191 g/mol. The van der Waals surface area contributed by atoms with Gasteiger partial charge in [-0.25, -0.2) is 4.79 Å². The molecule has 0 atom stereocenters. The largest absolute Gasteiger partial charge is 0.397 e. The van der Waals surface area contributed by atoms with E-state index >= 15 is 0 Å². The van der Waals surface area contributed by atoms with Crippen molar-refractivity contribution in [2.45, 2.75) is 0 Å². The van der Waals surface area contributed by atoms with E-state index in [1.54, 1.807) is 6.07 Å². The molecule has 1 aromatic rings. The maximum absolute atomic E-state index is 11.0. The average Bonchev–Trinajstić information content (AvgIpc) is 2.17. The quantitative estimate of drug-likeness (QED) is 0.574. The molecule has 0 unspecified atom stereocenters. The topological polar surface area (TPSA) is 87.9 Å². The highest BCUT2D eigenvalue weighted by Crippen LogP contribution is 1.81. The summed E-state index contributed by atoms with van der Waals surface area (Å²) in [5.74, 6) is 2.14. The minimum atomic E-state index is -0.774. The van der Waals surface area contributed by atoms with E-state index in [0.29, 0.717) is 4.73 Å². The number of nitrogens with one attached hydrogen (secondary N) is 1. The number of hydrogen-bond acceptors (Lipinski definition) is 4. The van der Waals surface area contributed by atoms with E-state index in [9.17, 15) is 9.59 Å². The van der Waals surface area contributed by atoms with E-state index in [2.05, 4.69) is 5.92 Å². The van der Waals surface area contributed by atoms with Crippen molar-refractivity contribution in [3.8, 4) is 18.4 Å². The third-order valence-corrected chi connectivity index (χ3v) is 1.32. The minimum absolute atomic E-state index is 0.128. The lowest BCUT2D eigenvalue weighted by Gasteiger charge is -2.03. The summed E-state index contributed by atoms with van der Waals surface area (Å²) < 4.78 is 0.708. The first-order chi connectivity index (χ1) is 6.69. The zero-order valence-corrected chi connectivity index (χ0v) is 6.98. The maximum atomic E-state index is 11.0. The Bertz CT molecular complexity index is 526. The number of nitrogens with zero attached hydrogens (tertiary/aromatic N) is 2. The number of hydrogen-bond donors (Lipinski definition) is 1. The zero-order chi connectivity index (χ0) is 10.6. The summed E-state index contributed by atoms with van der Waals surface area (Å²) in [6.07, 6.45) is 5.88. The maximum Gasteiger partial charge on any atom is 0.361 e. The predicted molar refractivity (Wildman–Crippen MR) is 46.3 cm³/mol. The number of aromatic nitrogens is 2. The Hall–Kier alpha value is -2.47. The first-order valence-electron chi connectivity index (χ1n) is 3.52. The smallest absolute Gasteiger partial charge is 0.361 e. The molecule has 0 bridgehead atoms. The first-order valence-corrected chi connectivity index (χ1v) is 3.52. The van der Waals surface area contributed by atoms with Crippen LogP contribution in [0, 0.1) is 23.7 Å². The summed E-state index contributed by atoms with van der Waals surface area (Å²) in [6.45, 7) is -0.128. The Morgan fingerprint density at radius 1 is 1.64 bits per heavy atom. The van der Waals surface area contributed by atoms with Crippen LogP contribution in [-0.4, -0.2) is 16.3 Å². The van der Waals surface area contributed by atoms with Gasteiger partial charge < -0.3 is 4.84 Å². The molecule has 6 heteroatoms. The van der Waals surface area contributed by atoms with E-state index < -0.39 is 11.2 Å². The van der Waals surface area contributed by atoms with Crippen molar-refractivity contribution in [3.63, 3.8) is 0 Å². The standard InChI is InChI=1S/C8H5N3O3/c1-2-3-14-11-5-6(4-9)7(12)10-8(11)13/h1,5H,3H2,(H,10,12,13). The SMILES string of the molecule is C#CCOn1cc(C#N)c(=O)[nH]c1=O. The molecule has 0 aliphatic carbocycles. The molecule has 0 aliphatic rings. The summed E-state index contributed by atoms with van der Waals surface area (Å²) >= 11 is 0. The van der Waals surface area contributed by atoms with Crippen LogP contribution in [0.4, 0.5) is 0 Å². The summed E-state index contributed by atoms with van der Waals surface area (Å²) in [5.41, 5.74) is -1.75. The van der Waals surface area contributed by atoms with Crippen molar-refractivity contribution in [1.29, 1.82) is 5.26 Å². The number of H-pyrrole nitrogens is 1. The van der Waals surface area contributed by atoms with Crippen molar-refractivity contribution >= 4 is 0 Å². The summed E-state index contributed by atoms with van der Waals surface area (Å²) in [4.78, 5) is 28.6. The average molecular weight is 191 g/mol. The molecule has 6 nitrogen and oxygen atoms in total. The molecule has 0 fully saturated rings. The Kier molecular flexibility index (Phi) is 2.72. The Labute approximate surface area is 78.3 Å². The lowest BCUT2D eigenvalue weighted by Crippen LogP contribution is -2.35. The molecular weight excluding hydrogens is 186 g/mol. The van der Waals surface area contributed by atoms with E-state index in [4.69, 9.17) is 16.5 Å². The number of aromatic amines is 1. The molecule has 0 amide bonds. The van der Waals surface area contributed by atoms with Crippen LogP contribution >= 0.6 is 0 Å². The highest BCUT2D eigenvalue weighted by atomic mass is 16.7. The lowest BCUT2D eigenvalue weighted by molar-refractivity contribution is 0.125. The fraction of sp³-hybridized carbons (Fsp3) is 0.125. The van der Waals surface area contributed by atoms with Crippen molar-refractivity contribution in [2.75, 3.05) is 6.61 Å². The Balaban J connectivity index is 3.21. The summed E-state index contributed by atoms with van der Waals surface area (Å²) in [6, 6.07) is 1.60. The molecule has 14 heavy (non-hydrogen) atoms. The number of rotatable bonds is 2. The normalized spacial score (nSPS) is 8.71. The first kappa shape index (κ1) is 9.62. The fourth-order valence-electron chi connectivity index (χ4n) is 0.736. The van der Waals surface area contributed by atoms with Gasteiger partial charge in [0.25, 0.3) is 5.56 Å². The van der Waals surface area contributed by atoms with E-state index in [-0.39, 0.29) is 12.2 Å². The van der Waals surface area contributed by atoms with Crippen molar-refractivity contribution in [3.05, 3.63) is 32.6 Å². The van der Waals surface area contributed by atoms with Gasteiger partial charge in [0.15, 0.2) is 6.61 Å². The van der Waals surface area contributed by atoms with Gasteiger partial charge >= 0.3 is 5.69 Å². The van der Waals surface area contributed by atoms with E-state index in [1.165, 1.54) is 0 Å². The molecule has 0 aliphatic heterocycles. The molecule has 0 aromatic carbocycles. The molecule has 70 valence electrons. The zero-order valence-electron chi connectivity index (χ0n) is 6.98. The third-order valence-electron chi connectivity index (χ3n) is 1.32. The van der Waals surface area contributed by atoms with Crippen LogP contribution in [-0.2, 0) is 0 Å². The number of nitriles is 1. The minimum Gasteiger partial charge on any atom is -0.397 e. The Morgan fingerprint density at radius 2 is 2.36 bits per heavy atom. The van der Waals surface area contributed by atoms with Crippen LogP contribution in [0.1, 0.15) is 5.56 Å². The van der Waals surface area contributed by atoms with E-state index in [0.717, 1.165) is 6.20 Å². The summed E-state index contributed by atoms with van der Waals surface area (Å²) in [5, 5.41) is 8.48. The second-order valence-corrected chi connectivity index (χ2v) is 2.22. The van der Waals surface area contributed by atoms with E-state index in [1.807, 2.05) is 4.98 Å². The molecule has 1 rings (SSSR count). The second kappa shape index (κ2) is 3.97. The van der Waals surface area contributed by atoms with Crippen molar-refractivity contribution < 1.29 is 4.84 Å². The van der Waals surface area contributed by atoms with Gasteiger partial charge in [-0.05, 0) is 0 Å². The van der Waals surface area contributed by atoms with Gasteiger partial charge in [0.05, 0.1) is 6.20 Å². The lowest BCUT2D eigenvalue weighted by atomic mass is 10.4. The van der Waals surface area contributed by atoms with Gasteiger partial charge in [0.1, 0.15) is 11.6 Å². The predicted octanol–water partition coefficient (Wildman–Crippen LogP) is -1.53. The molecule has 1 aromatic heterocycles. The highest BCUT2D eigenvalue weighted by molar-refractivity contribution is 5.21. The molecule has 1 heterocycles. The van der Waals surface area contributed by atoms with Crippen LogP contribution in [0.2, 0.25) is 0 Å². The molecule has 0 saturated heterocycles. The molecule has 0 radical (unpaired) electrons. The van der Waals surface area contributed by atoms with Gasteiger partial charge in [-0.1, -0.05) is 5.92 Å². The van der Waals surface area contributed by atoms with Gasteiger partial charge in [0, 0.05) is 0 Å². The van der Waals surface area contributed by atoms with Crippen LogP contribution in [0.25, 0.3) is 0 Å².